The molecule has 3 rings (SSSR count). The van der Waals surface area contributed by atoms with Crippen LogP contribution >= 0.6 is 11.3 Å². The standard InChI is InChI=1S/C16H15FN2O2S/c17-11-5-6-13(18-10-11)16(21)19-7-1-3-12(19)9-14(20)15-4-2-8-22-15/h2,4-6,8,10,12H,1,3,7,9H2. The molecule has 1 amide bonds. The number of hydrogen-bond donors (Lipinski definition) is 0. The van der Waals surface area contributed by atoms with Gasteiger partial charge in [-0.2, -0.15) is 0 Å². The lowest BCUT2D eigenvalue weighted by Gasteiger charge is -2.23. The summed E-state index contributed by atoms with van der Waals surface area (Å²) >= 11 is 1.42. The highest BCUT2D eigenvalue weighted by atomic mass is 32.1. The van der Waals surface area contributed by atoms with E-state index in [2.05, 4.69) is 4.98 Å². The molecule has 1 fully saturated rings. The Morgan fingerprint density at radius 2 is 2.23 bits per heavy atom. The number of nitrogens with zero attached hydrogens (tertiary/aromatic N) is 2. The molecule has 1 unspecified atom stereocenters. The third-order valence-electron chi connectivity index (χ3n) is 3.80. The van der Waals surface area contributed by atoms with Gasteiger partial charge in [0.2, 0.25) is 0 Å². The molecule has 1 aliphatic heterocycles. The second kappa shape index (κ2) is 6.36. The number of aromatic nitrogens is 1. The number of likely N-dealkylation sites (tertiary alicyclic amines) is 1. The van der Waals surface area contributed by atoms with E-state index >= 15 is 0 Å². The van der Waals surface area contributed by atoms with Gasteiger partial charge in [0.05, 0.1) is 11.1 Å². The molecule has 2 aromatic rings. The molecule has 3 heterocycles. The van der Waals surface area contributed by atoms with Crippen LogP contribution in [0.15, 0.2) is 35.8 Å². The molecule has 2 aromatic heterocycles. The van der Waals surface area contributed by atoms with E-state index in [1.807, 2.05) is 11.4 Å². The molecule has 1 saturated heterocycles. The Labute approximate surface area is 131 Å². The zero-order valence-electron chi connectivity index (χ0n) is 11.9. The highest BCUT2D eigenvalue weighted by Gasteiger charge is 2.31. The van der Waals surface area contributed by atoms with Crippen LogP contribution in [0.5, 0.6) is 0 Å². The molecule has 114 valence electrons. The Balaban J connectivity index is 1.71. The number of rotatable bonds is 4. The van der Waals surface area contributed by atoms with E-state index in [1.54, 1.807) is 11.0 Å². The summed E-state index contributed by atoms with van der Waals surface area (Å²) in [5.74, 6) is -0.643. The zero-order chi connectivity index (χ0) is 15.5. The molecule has 1 aliphatic rings. The van der Waals surface area contributed by atoms with Crippen LogP contribution in [-0.4, -0.2) is 34.2 Å². The third-order valence-corrected chi connectivity index (χ3v) is 4.71. The van der Waals surface area contributed by atoms with E-state index < -0.39 is 5.82 Å². The van der Waals surface area contributed by atoms with Gasteiger partial charge in [-0.3, -0.25) is 9.59 Å². The summed E-state index contributed by atoms with van der Waals surface area (Å²) in [6, 6.07) is 6.15. The Kier molecular flexibility index (Phi) is 4.29. The number of ketones is 1. The summed E-state index contributed by atoms with van der Waals surface area (Å²) in [5, 5.41) is 1.87. The van der Waals surface area contributed by atoms with E-state index in [9.17, 15) is 14.0 Å². The average Bonchev–Trinajstić information content (AvgIpc) is 3.18. The van der Waals surface area contributed by atoms with E-state index in [1.165, 1.54) is 23.5 Å². The van der Waals surface area contributed by atoms with Crippen molar-refractivity contribution in [3.05, 3.63) is 52.2 Å². The van der Waals surface area contributed by atoms with Gasteiger partial charge >= 0.3 is 0 Å². The largest absolute Gasteiger partial charge is 0.334 e. The molecule has 0 bridgehead atoms. The minimum atomic E-state index is -0.470. The van der Waals surface area contributed by atoms with Crippen molar-refractivity contribution >= 4 is 23.0 Å². The van der Waals surface area contributed by atoms with Gasteiger partial charge < -0.3 is 4.90 Å². The van der Waals surface area contributed by atoms with Crippen LogP contribution in [0.2, 0.25) is 0 Å². The number of carbonyl (C=O) groups is 2. The predicted octanol–water partition coefficient (Wildman–Crippen LogP) is 3.16. The highest BCUT2D eigenvalue weighted by molar-refractivity contribution is 7.12. The van der Waals surface area contributed by atoms with Gasteiger partial charge in [0, 0.05) is 19.0 Å². The lowest BCUT2D eigenvalue weighted by molar-refractivity contribution is 0.0712. The Bertz CT molecular complexity index is 670. The fourth-order valence-electron chi connectivity index (χ4n) is 2.72. The number of thiophene rings is 1. The lowest BCUT2D eigenvalue weighted by atomic mass is 10.1. The first kappa shape index (κ1) is 14.8. The number of hydrogen-bond acceptors (Lipinski definition) is 4. The maximum absolute atomic E-state index is 12.9. The lowest BCUT2D eigenvalue weighted by Crippen LogP contribution is -2.37. The minimum Gasteiger partial charge on any atom is -0.334 e. The topological polar surface area (TPSA) is 50.3 Å². The van der Waals surface area contributed by atoms with Crippen molar-refractivity contribution in [3.8, 4) is 0 Å². The Morgan fingerprint density at radius 3 is 2.91 bits per heavy atom. The summed E-state index contributed by atoms with van der Waals surface area (Å²) in [6.07, 6.45) is 3.04. The predicted molar refractivity (Wildman–Crippen MR) is 81.5 cm³/mol. The molecule has 1 atom stereocenters. The second-order valence-electron chi connectivity index (χ2n) is 5.26. The summed E-state index contributed by atoms with van der Waals surface area (Å²) < 4.78 is 12.9. The van der Waals surface area contributed by atoms with Gasteiger partial charge in [0.25, 0.3) is 5.91 Å². The molecule has 0 spiro atoms. The Morgan fingerprint density at radius 1 is 1.36 bits per heavy atom. The fourth-order valence-corrected chi connectivity index (χ4v) is 3.39. The summed E-state index contributed by atoms with van der Waals surface area (Å²) in [5.41, 5.74) is 0.219. The zero-order valence-corrected chi connectivity index (χ0v) is 12.7. The van der Waals surface area contributed by atoms with Crippen LogP contribution in [-0.2, 0) is 0 Å². The van der Waals surface area contributed by atoms with Gasteiger partial charge in [-0.05, 0) is 36.4 Å². The van der Waals surface area contributed by atoms with Crippen LogP contribution in [0.4, 0.5) is 4.39 Å². The van der Waals surface area contributed by atoms with Crippen molar-refractivity contribution in [2.45, 2.75) is 25.3 Å². The van der Waals surface area contributed by atoms with E-state index in [0.717, 1.165) is 23.9 Å². The van der Waals surface area contributed by atoms with Crippen molar-refractivity contribution in [3.63, 3.8) is 0 Å². The number of pyridine rings is 1. The molecule has 0 aliphatic carbocycles. The SMILES string of the molecule is O=C(CC1CCCN1C(=O)c1ccc(F)cn1)c1cccs1. The number of amides is 1. The molecule has 6 heteroatoms. The second-order valence-corrected chi connectivity index (χ2v) is 6.21. The molecule has 0 N–H and O–H groups in total. The quantitative estimate of drug-likeness (QED) is 0.814. The molecule has 4 nitrogen and oxygen atoms in total. The maximum Gasteiger partial charge on any atom is 0.272 e. The first-order chi connectivity index (χ1) is 10.6. The molecular formula is C16H15FN2O2S. The van der Waals surface area contributed by atoms with Crippen molar-refractivity contribution in [1.29, 1.82) is 0 Å². The van der Waals surface area contributed by atoms with Gasteiger partial charge in [-0.15, -0.1) is 11.3 Å². The minimum absolute atomic E-state index is 0.0618. The van der Waals surface area contributed by atoms with Crippen LogP contribution in [0.1, 0.15) is 39.4 Å². The maximum atomic E-state index is 12.9. The van der Waals surface area contributed by atoms with Crippen LogP contribution in [0, 0.1) is 5.82 Å². The fraction of sp³-hybridized carbons (Fsp3) is 0.312. The van der Waals surface area contributed by atoms with Crippen LogP contribution < -0.4 is 0 Å². The van der Waals surface area contributed by atoms with Crippen molar-refractivity contribution in [1.82, 2.24) is 9.88 Å². The summed E-state index contributed by atoms with van der Waals surface area (Å²) in [7, 11) is 0. The highest BCUT2D eigenvalue weighted by Crippen LogP contribution is 2.24. The van der Waals surface area contributed by atoms with E-state index in [-0.39, 0.29) is 23.4 Å². The summed E-state index contributed by atoms with van der Waals surface area (Å²) in [4.78, 5) is 30.9. The van der Waals surface area contributed by atoms with Gasteiger partial charge in [0.15, 0.2) is 5.78 Å². The average molecular weight is 318 g/mol. The molecule has 0 saturated carbocycles. The monoisotopic (exact) mass is 318 g/mol. The van der Waals surface area contributed by atoms with Crippen molar-refractivity contribution < 1.29 is 14.0 Å². The van der Waals surface area contributed by atoms with Crippen LogP contribution in [0.3, 0.4) is 0 Å². The Hall–Kier alpha value is -2.08. The van der Waals surface area contributed by atoms with Gasteiger partial charge in [-0.1, -0.05) is 6.07 Å². The molecule has 0 aromatic carbocycles. The van der Waals surface area contributed by atoms with Crippen LogP contribution in [0.25, 0.3) is 0 Å². The number of Topliss-reactive ketones (excluding diaryl/α,β-unsaturated/α-hetero) is 1. The van der Waals surface area contributed by atoms with Gasteiger partial charge in [-0.25, -0.2) is 9.37 Å². The first-order valence-electron chi connectivity index (χ1n) is 7.14. The molecule has 22 heavy (non-hydrogen) atoms. The van der Waals surface area contributed by atoms with Gasteiger partial charge in [0.1, 0.15) is 11.5 Å². The number of halogens is 1. The molecular weight excluding hydrogens is 303 g/mol. The number of carbonyl (C=O) groups excluding carboxylic acids is 2. The van der Waals surface area contributed by atoms with Crippen molar-refractivity contribution in [2.75, 3.05) is 6.54 Å². The first-order valence-corrected chi connectivity index (χ1v) is 8.02. The smallest absolute Gasteiger partial charge is 0.272 e. The summed E-state index contributed by atoms with van der Waals surface area (Å²) in [6.45, 7) is 0.611. The van der Waals surface area contributed by atoms with E-state index in [0.29, 0.717) is 13.0 Å². The normalized spacial score (nSPS) is 17.7. The third kappa shape index (κ3) is 3.06. The molecule has 0 radical (unpaired) electrons. The van der Waals surface area contributed by atoms with Crippen molar-refractivity contribution in [2.24, 2.45) is 0 Å². The van der Waals surface area contributed by atoms with E-state index in [4.69, 9.17) is 0 Å².